The lowest BCUT2D eigenvalue weighted by Crippen LogP contribution is -2.34. The van der Waals surface area contributed by atoms with E-state index in [1.54, 1.807) is 18.2 Å². The van der Waals surface area contributed by atoms with Gasteiger partial charge in [-0.05, 0) is 60.7 Å². The van der Waals surface area contributed by atoms with E-state index in [-0.39, 0.29) is 11.0 Å². The number of fused-ring (bicyclic) bond motifs is 1. The second-order valence-electron chi connectivity index (χ2n) is 6.55. The van der Waals surface area contributed by atoms with Crippen molar-refractivity contribution in [3.05, 3.63) is 72.3 Å². The fraction of sp³-hybridized carbons (Fsp3) is 0.0870. The maximum absolute atomic E-state index is 12.5. The number of aromatic nitrogens is 1. The number of carbonyl (C=O) groups excluding carboxylic acids is 1. The summed E-state index contributed by atoms with van der Waals surface area (Å²) < 4.78 is 16.2. The van der Waals surface area contributed by atoms with Gasteiger partial charge in [0.05, 0.1) is 14.2 Å². The zero-order valence-electron chi connectivity index (χ0n) is 16.8. The molecule has 7 nitrogen and oxygen atoms in total. The molecule has 156 valence electrons. The number of oxazole rings is 1. The number of rotatable bonds is 5. The molecule has 4 aromatic rings. The smallest absolute Gasteiger partial charge is 0.257 e. The molecule has 3 aromatic carbocycles. The molecule has 0 saturated heterocycles. The zero-order valence-corrected chi connectivity index (χ0v) is 17.7. The van der Waals surface area contributed by atoms with Crippen molar-refractivity contribution in [1.29, 1.82) is 0 Å². The number of methoxy groups -OCH3 is 2. The molecule has 0 saturated carbocycles. The largest absolute Gasteiger partial charge is 0.493 e. The Kier molecular flexibility index (Phi) is 5.81. The SMILES string of the molecule is COc1ccc(C(=O)NC(=S)Nc2cccc(-c3nc4ccccc4o3)c2)cc1OC. The van der Waals surface area contributed by atoms with Gasteiger partial charge in [0.2, 0.25) is 5.89 Å². The monoisotopic (exact) mass is 433 g/mol. The van der Waals surface area contributed by atoms with Crippen molar-refractivity contribution in [3.63, 3.8) is 0 Å². The summed E-state index contributed by atoms with van der Waals surface area (Å²) >= 11 is 5.30. The molecule has 31 heavy (non-hydrogen) atoms. The van der Waals surface area contributed by atoms with Crippen LogP contribution < -0.4 is 20.1 Å². The normalized spacial score (nSPS) is 10.5. The number of thiocarbonyl (C=S) groups is 1. The molecule has 0 aliphatic carbocycles. The van der Waals surface area contributed by atoms with E-state index in [0.29, 0.717) is 34.2 Å². The number of amides is 1. The van der Waals surface area contributed by atoms with Crippen LogP contribution in [0.4, 0.5) is 5.69 Å². The fourth-order valence-corrected chi connectivity index (χ4v) is 3.25. The lowest BCUT2D eigenvalue weighted by molar-refractivity contribution is 0.0977. The molecule has 4 rings (SSSR count). The fourth-order valence-electron chi connectivity index (χ4n) is 3.04. The van der Waals surface area contributed by atoms with Gasteiger partial charge in [0.25, 0.3) is 5.91 Å². The highest BCUT2D eigenvalue weighted by atomic mass is 32.1. The second kappa shape index (κ2) is 8.85. The first kappa shape index (κ1) is 20.4. The van der Waals surface area contributed by atoms with Gasteiger partial charge in [-0.1, -0.05) is 18.2 Å². The zero-order chi connectivity index (χ0) is 21.8. The van der Waals surface area contributed by atoms with Crippen LogP contribution in [0.2, 0.25) is 0 Å². The molecule has 0 spiro atoms. The van der Waals surface area contributed by atoms with Gasteiger partial charge in [-0.2, -0.15) is 0 Å². The minimum atomic E-state index is -0.367. The molecule has 0 unspecified atom stereocenters. The summed E-state index contributed by atoms with van der Waals surface area (Å²) in [5, 5.41) is 5.83. The third-order valence-corrected chi connectivity index (χ3v) is 4.74. The van der Waals surface area contributed by atoms with Crippen molar-refractivity contribution in [1.82, 2.24) is 10.3 Å². The minimum absolute atomic E-state index is 0.162. The van der Waals surface area contributed by atoms with Crippen molar-refractivity contribution in [2.75, 3.05) is 19.5 Å². The van der Waals surface area contributed by atoms with E-state index in [0.717, 1.165) is 11.1 Å². The Balaban J connectivity index is 1.46. The first-order valence-corrected chi connectivity index (χ1v) is 9.78. The first-order valence-electron chi connectivity index (χ1n) is 9.38. The molecule has 1 amide bonds. The summed E-state index contributed by atoms with van der Waals surface area (Å²) in [5.41, 5.74) is 3.37. The van der Waals surface area contributed by atoms with Gasteiger partial charge in [-0.3, -0.25) is 10.1 Å². The lowest BCUT2D eigenvalue weighted by Gasteiger charge is -2.12. The number of anilines is 1. The highest BCUT2D eigenvalue weighted by molar-refractivity contribution is 7.80. The maximum atomic E-state index is 12.5. The highest BCUT2D eigenvalue weighted by Gasteiger charge is 2.13. The summed E-state index contributed by atoms with van der Waals surface area (Å²) in [7, 11) is 3.04. The van der Waals surface area contributed by atoms with E-state index in [1.165, 1.54) is 14.2 Å². The Morgan fingerprint density at radius 3 is 2.55 bits per heavy atom. The Hall–Kier alpha value is -3.91. The number of hydrogen-bond donors (Lipinski definition) is 2. The molecule has 0 radical (unpaired) electrons. The molecule has 1 aromatic heterocycles. The minimum Gasteiger partial charge on any atom is -0.493 e. The summed E-state index contributed by atoms with van der Waals surface area (Å²) in [6.07, 6.45) is 0. The molecule has 0 aliphatic heterocycles. The number of para-hydroxylation sites is 2. The van der Waals surface area contributed by atoms with Gasteiger partial charge in [0.1, 0.15) is 5.52 Å². The lowest BCUT2D eigenvalue weighted by atomic mass is 10.2. The number of hydrogen-bond acceptors (Lipinski definition) is 6. The van der Waals surface area contributed by atoms with Crippen LogP contribution in [0.3, 0.4) is 0 Å². The van der Waals surface area contributed by atoms with E-state index >= 15 is 0 Å². The summed E-state index contributed by atoms with van der Waals surface area (Å²) in [6.45, 7) is 0. The molecular weight excluding hydrogens is 414 g/mol. The second-order valence-corrected chi connectivity index (χ2v) is 6.95. The van der Waals surface area contributed by atoms with Crippen molar-refractivity contribution in [2.45, 2.75) is 0 Å². The molecule has 0 bridgehead atoms. The van der Waals surface area contributed by atoms with Crippen LogP contribution in [-0.4, -0.2) is 30.2 Å². The molecule has 0 fully saturated rings. The van der Waals surface area contributed by atoms with Crippen LogP contribution in [0.25, 0.3) is 22.6 Å². The van der Waals surface area contributed by atoms with E-state index in [4.69, 9.17) is 26.1 Å². The third-order valence-electron chi connectivity index (χ3n) is 4.53. The predicted octanol–water partition coefficient (Wildman–Crippen LogP) is 4.64. The van der Waals surface area contributed by atoms with E-state index < -0.39 is 0 Å². The van der Waals surface area contributed by atoms with Crippen LogP contribution >= 0.6 is 12.2 Å². The molecule has 0 atom stereocenters. The van der Waals surface area contributed by atoms with Crippen molar-refractivity contribution in [3.8, 4) is 23.0 Å². The molecular formula is C23H19N3O4S. The van der Waals surface area contributed by atoms with Crippen LogP contribution in [0.15, 0.2) is 71.1 Å². The molecule has 8 heteroatoms. The van der Waals surface area contributed by atoms with Gasteiger partial charge in [-0.25, -0.2) is 4.98 Å². The molecule has 1 heterocycles. The van der Waals surface area contributed by atoms with Crippen molar-refractivity contribution < 1.29 is 18.7 Å². The Labute approximate surface area is 184 Å². The summed E-state index contributed by atoms with van der Waals surface area (Å²) in [4.78, 5) is 17.0. The Bertz CT molecular complexity index is 1240. The standard InChI is InChI=1S/C23H19N3O4S/c1-28-19-11-10-14(13-20(19)29-2)21(27)26-23(31)24-16-7-5-6-15(12-16)22-25-17-8-3-4-9-18(17)30-22/h3-13H,1-2H3,(H2,24,26,27,31). The summed E-state index contributed by atoms with van der Waals surface area (Å²) in [6, 6.07) is 19.9. The van der Waals surface area contributed by atoms with Crippen molar-refractivity contribution in [2.24, 2.45) is 0 Å². The maximum Gasteiger partial charge on any atom is 0.257 e. The van der Waals surface area contributed by atoms with Gasteiger partial charge in [-0.15, -0.1) is 0 Å². The Morgan fingerprint density at radius 2 is 1.77 bits per heavy atom. The average molecular weight is 433 g/mol. The van der Waals surface area contributed by atoms with E-state index in [2.05, 4.69) is 15.6 Å². The first-order chi connectivity index (χ1) is 15.1. The van der Waals surface area contributed by atoms with Gasteiger partial charge in [0, 0.05) is 16.8 Å². The topological polar surface area (TPSA) is 85.6 Å². The number of ether oxygens (including phenoxy) is 2. The van der Waals surface area contributed by atoms with E-state index in [1.807, 2.05) is 48.5 Å². The van der Waals surface area contributed by atoms with Gasteiger partial charge < -0.3 is 19.2 Å². The van der Waals surface area contributed by atoms with Crippen LogP contribution in [-0.2, 0) is 0 Å². The predicted molar refractivity (Wildman–Crippen MR) is 123 cm³/mol. The molecule has 2 N–H and O–H groups in total. The Morgan fingerprint density at radius 1 is 0.968 bits per heavy atom. The van der Waals surface area contributed by atoms with Crippen LogP contribution in [0.5, 0.6) is 11.5 Å². The number of nitrogens with zero attached hydrogens (tertiary/aromatic N) is 1. The number of carbonyl (C=O) groups is 1. The molecule has 0 aliphatic rings. The van der Waals surface area contributed by atoms with Crippen LogP contribution in [0, 0.1) is 0 Å². The highest BCUT2D eigenvalue weighted by Crippen LogP contribution is 2.28. The average Bonchev–Trinajstić information content (AvgIpc) is 3.23. The number of nitrogens with one attached hydrogen (secondary N) is 2. The summed E-state index contributed by atoms with van der Waals surface area (Å²) in [5.74, 6) is 1.13. The number of benzene rings is 3. The van der Waals surface area contributed by atoms with E-state index in [9.17, 15) is 4.79 Å². The third kappa shape index (κ3) is 4.49. The quantitative estimate of drug-likeness (QED) is 0.444. The van der Waals surface area contributed by atoms with Gasteiger partial charge in [0.15, 0.2) is 22.2 Å². The van der Waals surface area contributed by atoms with Crippen molar-refractivity contribution >= 4 is 40.0 Å². The van der Waals surface area contributed by atoms with Gasteiger partial charge >= 0.3 is 0 Å². The van der Waals surface area contributed by atoms with Crippen LogP contribution in [0.1, 0.15) is 10.4 Å².